The molecule has 0 aliphatic rings. The summed E-state index contributed by atoms with van der Waals surface area (Å²) in [5.41, 5.74) is 0.702. The zero-order valence-electron chi connectivity index (χ0n) is 11.9. The summed E-state index contributed by atoms with van der Waals surface area (Å²) in [6.45, 7) is 0. The number of carbonyl (C=O) groups excluding carboxylic acids is 1. The van der Waals surface area contributed by atoms with E-state index in [-0.39, 0.29) is 10.0 Å². The van der Waals surface area contributed by atoms with Crippen LogP contribution in [0.25, 0.3) is 0 Å². The van der Waals surface area contributed by atoms with Gasteiger partial charge in [-0.15, -0.1) is 0 Å². The van der Waals surface area contributed by atoms with Crippen molar-refractivity contribution in [2.24, 2.45) is 0 Å². The molecule has 8 heteroatoms. The van der Waals surface area contributed by atoms with Crippen LogP contribution in [0.4, 0.5) is 5.69 Å². The summed E-state index contributed by atoms with van der Waals surface area (Å²) in [5, 5.41) is 2.91. The molecule has 1 aromatic heterocycles. The van der Waals surface area contributed by atoms with Crippen LogP contribution in [0.5, 0.6) is 0 Å². The Morgan fingerprint density at radius 3 is 2.55 bits per heavy atom. The molecular formula is C14H14ClN3O3S. The molecule has 0 saturated heterocycles. The second kappa shape index (κ2) is 6.43. The molecule has 0 fully saturated rings. The zero-order chi connectivity index (χ0) is 16.3. The van der Waals surface area contributed by atoms with E-state index in [9.17, 15) is 13.2 Å². The number of benzene rings is 1. The molecule has 0 bridgehead atoms. The Labute approximate surface area is 133 Å². The van der Waals surface area contributed by atoms with Crippen LogP contribution < -0.4 is 5.32 Å². The normalized spacial score (nSPS) is 11.5. The molecule has 1 amide bonds. The van der Waals surface area contributed by atoms with Gasteiger partial charge in [0.05, 0.1) is 10.5 Å². The molecule has 0 spiro atoms. The average Bonchev–Trinajstić information content (AvgIpc) is 2.48. The van der Waals surface area contributed by atoms with E-state index in [0.29, 0.717) is 11.3 Å². The van der Waals surface area contributed by atoms with Gasteiger partial charge in [0.15, 0.2) is 0 Å². The summed E-state index contributed by atoms with van der Waals surface area (Å²) in [5.74, 6) is -0.399. The van der Waals surface area contributed by atoms with Gasteiger partial charge < -0.3 is 5.32 Å². The highest BCUT2D eigenvalue weighted by atomic mass is 35.5. The number of aromatic nitrogens is 1. The number of amides is 1. The lowest BCUT2D eigenvalue weighted by Crippen LogP contribution is -2.22. The third-order valence-electron chi connectivity index (χ3n) is 2.86. The number of carbonyl (C=O) groups is 1. The minimum absolute atomic E-state index is 0.101. The number of halogens is 1. The van der Waals surface area contributed by atoms with Crippen LogP contribution in [0.15, 0.2) is 47.5 Å². The van der Waals surface area contributed by atoms with Gasteiger partial charge in [-0.2, -0.15) is 0 Å². The van der Waals surface area contributed by atoms with Gasteiger partial charge in [-0.25, -0.2) is 17.7 Å². The molecule has 1 heterocycles. The van der Waals surface area contributed by atoms with Gasteiger partial charge in [0.1, 0.15) is 5.15 Å². The topological polar surface area (TPSA) is 79.4 Å². The highest BCUT2D eigenvalue weighted by Gasteiger charge is 2.17. The molecule has 0 aliphatic heterocycles. The monoisotopic (exact) mass is 339 g/mol. The molecule has 2 aromatic rings. The summed E-state index contributed by atoms with van der Waals surface area (Å²) >= 11 is 5.66. The maximum atomic E-state index is 12.1. The Hall–Kier alpha value is -1.96. The van der Waals surface area contributed by atoms with E-state index in [2.05, 4.69) is 10.3 Å². The molecule has 0 saturated carbocycles. The standard InChI is InChI=1S/C14H14ClN3O3S/c1-18(2)22(20,21)12-5-3-4-11(8-12)17-14(19)10-6-7-13(15)16-9-10/h3-9H,1-2H3,(H,17,19). The fourth-order valence-electron chi connectivity index (χ4n) is 1.66. The minimum Gasteiger partial charge on any atom is -0.322 e. The Morgan fingerprint density at radius 1 is 1.23 bits per heavy atom. The van der Waals surface area contributed by atoms with E-state index in [1.165, 1.54) is 44.6 Å². The first-order valence-electron chi connectivity index (χ1n) is 6.26. The summed E-state index contributed by atoms with van der Waals surface area (Å²) in [7, 11) is -0.664. The quantitative estimate of drug-likeness (QED) is 0.866. The van der Waals surface area contributed by atoms with Crippen LogP contribution in [0.1, 0.15) is 10.4 Å². The van der Waals surface area contributed by atoms with Crippen molar-refractivity contribution in [2.75, 3.05) is 19.4 Å². The van der Waals surface area contributed by atoms with Crippen molar-refractivity contribution < 1.29 is 13.2 Å². The largest absolute Gasteiger partial charge is 0.322 e. The van der Waals surface area contributed by atoms with Crippen molar-refractivity contribution in [3.05, 3.63) is 53.3 Å². The molecule has 2 rings (SSSR count). The Morgan fingerprint density at radius 2 is 1.95 bits per heavy atom. The third-order valence-corrected chi connectivity index (χ3v) is 4.89. The minimum atomic E-state index is -3.55. The first-order chi connectivity index (χ1) is 10.3. The summed E-state index contributed by atoms with van der Waals surface area (Å²) in [6.07, 6.45) is 1.35. The van der Waals surface area contributed by atoms with Crippen molar-refractivity contribution in [3.8, 4) is 0 Å². The zero-order valence-corrected chi connectivity index (χ0v) is 13.5. The predicted octanol–water partition coefficient (Wildman–Crippen LogP) is 2.24. The van der Waals surface area contributed by atoms with Crippen LogP contribution in [-0.4, -0.2) is 37.7 Å². The number of pyridine rings is 1. The Bertz CT molecular complexity index is 789. The molecule has 22 heavy (non-hydrogen) atoms. The highest BCUT2D eigenvalue weighted by Crippen LogP contribution is 2.18. The molecule has 0 atom stereocenters. The van der Waals surface area contributed by atoms with E-state index in [1.807, 2.05) is 0 Å². The molecule has 1 aromatic carbocycles. The third kappa shape index (κ3) is 3.62. The van der Waals surface area contributed by atoms with Gasteiger partial charge in [-0.05, 0) is 30.3 Å². The van der Waals surface area contributed by atoms with Crippen molar-refractivity contribution in [2.45, 2.75) is 4.90 Å². The smallest absolute Gasteiger partial charge is 0.257 e. The number of sulfonamides is 1. The Kier molecular flexibility index (Phi) is 4.80. The number of nitrogens with one attached hydrogen (secondary N) is 1. The summed E-state index contributed by atoms with van der Waals surface area (Å²) in [4.78, 5) is 16.0. The second-order valence-corrected chi connectivity index (χ2v) is 7.18. The van der Waals surface area contributed by atoms with E-state index >= 15 is 0 Å². The van der Waals surface area contributed by atoms with Crippen LogP contribution in [0.2, 0.25) is 5.15 Å². The maximum Gasteiger partial charge on any atom is 0.257 e. The molecular weight excluding hydrogens is 326 g/mol. The highest BCUT2D eigenvalue weighted by molar-refractivity contribution is 7.89. The van der Waals surface area contributed by atoms with Crippen molar-refractivity contribution >= 4 is 33.2 Å². The number of hydrogen-bond donors (Lipinski definition) is 1. The predicted molar refractivity (Wildman–Crippen MR) is 84.5 cm³/mol. The molecule has 116 valence electrons. The SMILES string of the molecule is CN(C)S(=O)(=O)c1cccc(NC(=O)c2ccc(Cl)nc2)c1. The van der Waals surface area contributed by atoms with Crippen molar-refractivity contribution in [1.29, 1.82) is 0 Å². The number of anilines is 1. The van der Waals surface area contributed by atoms with E-state index < -0.39 is 15.9 Å². The fourth-order valence-corrected chi connectivity index (χ4v) is 2.72. The molecule has 6 nitrogen and oxygen atoms in total. The van der Waals surface area contributed by atoms with Gasteiger partial charge in [-0.1, -0.05) is 17.7 Å². The van der Waals surface area contributed by atoms with Crippen LogP contribution >= 0.6 is 11.6 Å². The van der Waals surface area contributed by atoms with Crippen molar-refractivity contribution in [3.63, 3.8) is 0 Å². The van der Waals surface area contributed by atoms with Crippen LogP contribution in [0, 0.1) is 0 Å². The number of nitrogens with zero attached hydrogens (tertiary/aromatic N) is 2. The van der Waals surface area contributed by atoms with Gasteiger partial charge >= 0.3 is 0 Å². The molecule has 1 N–H and O–H groups in total. The van der Waals surface area contributed by atoms with Crippen molar-refractivity contribution in [1.82, 2.24) is 9.29 Å². The molecule has 0 aliphatic carbocycles. The lowest BCUT2D eigenvalue weighted by atomic mass is 10.2. The summed E-state index contributed by atoms with van der Waals surface area (Å²) < 4.78 is 25.2. The maximum absolute atomic E-state index is 12.1. The number of rotatable bonds is 4. The number of hydrogen-bond acceptors (Lipinski definition) is 4. The van der Waals surface area contributed by atoms with E-state index in [0.717, 1.165) is 4.31 Å². The fraction of sp³-hybridized carbons (Fsp3) is 0.143. The Balaban J connectivity index is 2.24. The first-order valence-corrected chi connectivity index (χ1v) is 8.08. The van der Waals surface area contributed by atoms with E-state index in [4.69, 9.17) is 11.6 Å². The lowest BCUT2D eigenvalue weighted by Gasteiger charge is -2.12. The molecule has 0 radical (unpaired) electrons. The average molecular weight is 340 g/mol. The second-order valence-electron chi connectivity index (χ2n) is 4.64. The van der Waals surface area contributed by atoms with Crippen LogP contribution in [0.3, 0.4) is 0 Å². The first kappa shape index (κ1) is 16.4. The van der Waals surface area contributed by atoms with Crippen LogP contribution in [-0.2, 0) is 10.0 Å². The van der Waals surface area contributed by atoms with Gasteiger partial charge in [0.2, 0.25) is 10.0 Å². The lowest BCUT2D eigenvalue weighted by molar-refractivity contribution is 0.102. The van der Waals surface area contributed by atoms with Gasteiger partial charge in [0, 0.05) is 26.0 Å². The van der Waals surface area contributed by atoms with E-state index in [1.54, 1.807) is 12.1 Å². The van der Waals surface area contributed by atoms with Gasteiger partial charge in [-0.3, -0.25) is 4.79 Å². The molecule has 0 unspecified atom stereocenters. The summed E-state index contributed by atoms with van der Waals surface area (Å²) in [6, 6.07) is 9.07. The van der Waals surface area contributed by atoms with Gasteiger partial charge in [0.25, 0.3) is 5.91 Å².